The molecular formula is C14H20ClNO. The predicted molar refractivity (Wildman–Crippen MR) is 72.0 cm³/mol. The van der Waals surface area contributed by atoms with Gasteiger partial charge in [-0.15, -0.1) is 0 Å². The molecule has 0 bridgehead atoms. The van der Waals surface area contributed by atoms with Gasteiger partial charge in [0.1, 0.15) is 5.75 Å². The Kier molecular flexibility index (Phi) is 4.69. The van der Waals surface area contributed by atoms with Crippen molar-refractivity contribution in [3.8, 4) is 5.75 Å². The summed E-state index contributed by atoms with van der Waals surface area (Å²) in [5.41, 5.74) is 1.29. The van der Waals surface area contributed by atoms with Gasteiger partial charge in [-0.25, -0.2) is 0 Å². The normalized spacial score (nSPS) is 20.2. The zero-order chi connectivity index (χ0) is 12.1. The van der Waals surface area contributed by atoms with Crippen LogP contribution in [0.1, 0.15) is 31.7 Å². The summed E-state index contributed by atoms with van der Waals surface area (Å²) >= 11 is 6.18. The number of benzene rings is 1. The molecule has 17 heavy (non-hydrogen) atoms. The van der Waals surface area contributed by atoms with Crippen molar-refractivity contribution < 1.29 is 4.74 Å². The average molecular weight is 254 g/mol. The second kappa shape index (κ2) is 6.27. The Morgan fingerprint density at radius 3 is 2.94 bits per heavy atom. The van der Waals surface area contributed by atoms with Crippen LogP contribution in [0.15, 0.2) is 18.2 Å². The molecule has 2 rings (SSSR count). The topological polar surface area (TPSA) is 21.3 Å². The van der Waals surface area contributed by atoms with E-state index in [1.807, 2.05) is 19.1 Å². The van der Waals surface area contributed by atoms with Crippen LogP contribution in [0, 0.1) is 0 Å². The lowest BCUT2D eigenvalue weighted by Crippen LogP contribution is -2.35. The molecule has 0 aliphatic carbocycles. The van der Waals surface area contributed by atoms with Crippen molar-refractivity contribution in [2.45, 2.75) is 38.6 Å². The fraction of sp³-hybridized carbons (Fsp3) is 0.571. The van der Waals surface area contributed by atoms with Crippen molar-refractivity contribution >= 4 is 11.6 Å². The summed E-state index contributed by atoms with van der Waals surface area (Å²) in [4.78, 5) is 0. The van der Waals surface area contributed by atoms with Crippen LogP contribution in [-0.2, 0) is 6.42 Å². The van der Waals surface area contributed by atoms with E-state index in [1.54, 1.807) is 0 Å². The van der Waals surface area contributed by atoms with Crippen molar-refractivity contribution in [3.05, 3.63) is 28.8 Å². The Bertz CT molecular complexity index is 361. The number of hydrogen-bond acceptors (Lipinski definition) is 2. The van der Waals surface area contributed by atoms with E-state index < -0.39 is 0 Å². The van der Waals surface area contributed by atoms with Gasteiger partial charge in [0.2, 0.25) is 0 Å². The van der Waals surface area contributed by atoms with E-state index in [0.29, 0.717) is 12.6 Å². The molecule has 94 valence electrons. The lowest BCUT2D eigenvalue weighted by Gasteiger charge is -2.23. The van der Waals surface area contributed by atoms with Crippen molar-refractivity contribution in [1.82, 2.24) is 5.32 Å². The third-order valence-corrected chi connectivity index (χ3v) is 3.49. The highest BCUT2D eigenvalue weighted by Gasteiger charge is 2.13. The molecule has 1 atom stereocenters. The quantitative estimate of drug-likeness (QED) is 0.888. The van der Waals surface area contributed by atoms with Crippen LogP contribution >= 0.6 is 11.6 Å². The summed E-state index contributed by atoms with van der Waals surface area (Å²) in [6.45, 7) is 3.77. The SMILES string of the molecule is CCOc1ccc(CC2CCCCN2)cc1Cl. The van der Waals surface area contributed by atoms with Gasteiger partial charge in [-0.05, 0) is 50.4 Å². The molecule has 1 saturated heterocycles. The zero-order valence-electron chi connectivity index (χ0n) is 10.3. The molecule has 1 aromatic carbocycles. The fourth-order valence-corrected chi connectivity index (χ4v) is 2.58. The standard InChI is InChI=1S/C14H20ClNO/c1-2-17-14-7-6-11(10-13(14)15)9-12-5-3-4-8-16-12/h6-7,10,12,16H,2-5,8-9H2,1H3. The van der Waals surface area contributed by atoms with E-state index in [-0.39, 0.29) is 0 Å². The van der Waals surface area contributed by atoms with Gasteiger partial charge in [0, 0.05) is 6.04 Å². The number of nitrogens with one attached hydrogen (secondary N) is 1. The number of halogens is 1. The van der Waals surface area contributed by atoms with Crippen molar-refractivity contribution in [1.29, 1.82) is 0 Å². The van der Waals surface area contributed by atoms with Crippen LogP contribution in [0.25, 0.3) is 0 Å². The molecule has 0 aromatic heterocycles. The molecule has 1 aliphatic rings. The summed E-state index contributed by atoms with van der Waals surface area (Å²) in [7, 11) is 0. The molecular weight excluding hydrogens is 234 g/mol. The molecule has 1 N–H and O–H groups in total. The molecule has 0 radical (unpaired) electrons. The van der Waals surface area contributed by atoms with E-state index in [9.17, 15) is 0 Å². The highest BCUT2D eigenvalue weighted by Crippen LogP contribution is 2.26. The van der Waals surface area contributed by atoms with Crippen LogP contribution in [-0.4, -0.2) is 19.2 Å². The molecule has 2 nitrogen and oxygen atoms in total. The van der Waals surface area contributed by atoms with Gasteiger partial charge in [0.05, 0.1) is 11.6 Å². The van der Waals surface area contributed by atoms with Crippen LogP contribution in [0.2, 0.25) is 5.02 Å². The van der Waals surface area contributed by atoms with Gasteiger partial charge in [-0.1, -0.05) is 24.1 Å². The lowest BCUT2D eigenvalue weighted by molar-refractivity contribution is 0.340. The molecule has 1 fully saturated rings. The number of rotatable bonds is 4. The van der Waals surface area contributed by atoms with Gasteiger partial charge < -0.3 is 10.1 Å². The van der Waals surface area contributed by atoms with Gasteiger partial charge in [0.15, 0.2) is 0 Å². The maximum absolute atomic E-state index is 6.18. The fourth-order valence-electron chi connectivity index (χ4n) is 2.33. The Morgan fingerprint density at radius 1 is 1.41 bits per heavy atom. The molecule has 1 aliphatic heterocycles. The third kappa shape index (κ3) is 3.62. The van der Waals surface area contributed by atoms with Crippen molar-refractivity contribution in [2.75, 3.05) is 13.2 Å². The highest BCUT2D eigenvalue weighted by molar-refractivity contribution is 6.32. The Balaban J connectivity index is 1.98. The Labute approximate surface area is 108 Å². The van der Waals surface area contributed by atoms with Crippen LogP contribution in [0.3, 0.4) is 0 Å². The van der Waals surface area contributed by atoms with E-state index in [4.69, 9.17) is 16.3 Å². The molecule has 0 spiro atoms. The first-order chi connectivity index (χ1) is 8.29. The molecule has 1 aromatic rings. The molecule has 1 heterocycles. The number of piperidine rings is 1. The average Bonchev–Trinajstić information content (AvgIpc) is 2.34. The first kappa shape index (κ1) is 12.7. The minimum atomic E-state index is 0.609. The summed E-state index contributed by atoms with van der Waals surface area (Å²) in [5, 5.41) is 4.27. The third-order valence-electron chi connectivity index (χ3n) is 3.19. The second-order valence-corrected chi connectivity index (χ2v) is 4.96. The van der Waals surface area contributed by atoms with E-state index in [0.717, 1.165) is 23.7 Å². The highest BCUT2D eigenvalue weighted by atomic mass is 35.5. The largest absolute Gasteiger partial charge is 0.492 e. The maximum atomic E-state index is 6.18. The molecule has 0 saturated carbocycles. The summed E-state index contributed by atoms with van der Waals surface area (Å²) in [5.74, 6) is 0.787. The van der Waals surface area contributed by atoms with Crippen LogP contribution < -0.4 is 10.1 Å². The molecule has 1 unspecified atom stereocenters. The summed E-state index contributed by atoms with van der Waals surface area (Å²) in [6, 6.07) is 6.73. The molecule has 3 heteroatoms. The number of hydrogen-bond donors (Lipinski definition) is 1. The van der Waals surface area contributed by atoms with Crippen molar-refractivity contribution in [3.63, 3.8) is 0 Å². The molecule has 0 amide bonds. The zero-order valence-corrected chi connectivity index (χ0v) is 11.1. The first-order valence-electron chi connectivity index (χ1n) is 6.44. The minimum absolute atomic E-state index is 0.609. The second-order valence-electron chi connectivity index (χ2n) is 4.55. The minimum Gasteiger partial charge on any atom is -0.492 e. The predicted octanol–water partition coefficient (Wildman–Crippen LogP) is 3.42. The Morgan fingerprint density at radius 2 is 2.29 bits per heavy atom. The van der Waals surface area contributed by atoms with E-state index in [1.165, 1.54) is 24.8 Å². The van der Waals surface area contributed by atoms with Crippen LogP contribution in [0.5, 0.6) is 5.75 Å². The van der Waals surface area contributed by atoms with Gasteiger partial charge in [-0.3, -0.25) is 0 Å². The lowest BCUT2D eigenvalue weighted by atomic mass is 9.98. The van der Waals surface area contributed by atoms with Gasteiger partial charge >= 0.3 is 0 Å². The maximum Gasteiger partial charge on any atom is 0.137 e. The Hall–Kier alpha value is -0.730. The van der Waals surface area contributed by atoms with Crippen LogP contribution in [0.4, 0.5) is 0 Å². The monoisotopic (exact) mass is 253 g/mol. The summed E-state index contributed by atoms with van der Waals surface area (Å²) in [6.07, 6.45) is 4.97. The number of ether oxygens (including phenoxy) is 1. The smallest absolute Gasteiger partial charge is 0.137 e. The van der Waals surface area contributed by atoms with Gasteiger partial charge in [-0.2, -0.15) is 0 Å². The van der Waals surface area contributed by atoms with Gasteiger partial charge in [0.25, 0.3) is 0 Å². The summed E-state index contributed by atoms with van der Waals surface area (Å²) < 4.78 is 5.43. The first-order valence-corrected chi connectivity index (χ1v) is 6.82. The van der Waals surface area contributed by atoms with E-state index in [2.05, 4.69) is 11.4 Å². The van der Waals surface area contributed by atoms with E-state index >= 15 is 0 Å². The van der Waals surface area contributed by atoms with Crippen molar-refractivity contribution in [2.24, 2.45) is 0 Å².